The molecular formula is C22H28N2O3S. The van der Waals surface area contributed by atoms with Gasteiger partial charge in [-0.3, -0.25) is 0 Å². The van der Waals surface area contributed by atoms with E-state index in [0.717, 1.165) is 42.6 Å². The highest BCUT2D eigenvalue weighted by Crippen LogP contribution is 2.37. The Kier molecular flexibility index (Phi) is 5.71. The van der Waals surface area contributed by atoms with Crippen LogP contribution in [0.15, 0.2) is 48.5 Å². The van der Waals surface area contributed by atoms with Crippen LogP contribution in [0, 0.1) is 0 Å². The van der Waals surface area contributed by atoms with Crippen molar-refractivity contribution < 1.29 is 13.2 Å². The minimum atomic E-state index is -3.21. The van der Waals surface area contributed by atoms with E-state index in [-0.39, 0.29) is 17.2 Å². The molecule has 2 aromatic rings. The molecule has 0 spiro atoms. The van der Waals surface area contributed by atoms with Gasteiger partial charge in [0.25, 0.3) is 0 Å². The molecule has 150 valence electrons. The monoisotopic (exact) mass is 400 g/mol. The highest BCUT2D eigenvalue weighted by molar-refractivity contribution is 7.90. The van der Waals surface area contributed by atoms with Gasteiger partial charge in [-0.05, 0) is 49.1 Å². The van der Waals surface area contributed by atoms with Gasteiger partial charge in [-0.15, -0.1) is 0 Å². The van der Waals surface area contributed by atoms with Gasteiger partial charge in [0.05, 0.1) is 5.25 Å². The molecule has 1 saturated carbocycles. The highest BCUT2D eigenvalue weighted by atomic mass is 32.2. The third-order valence-corrected chi connectivity index (χ3v) is 7.91. The zero-order valence-electron chi connectivity index (χ0n) is 16.2. The second kappa shape index (κ2) is 8.23. The van der Waals surface area contributed by atoms with E-state index in [9.17, 15) is 8.42 Å². The van der Waals surface area contributed by atoms with E-state index in [2.05, 4.69) is 40.4 Å². The molecule has 1 fully saturated rings. The smallest absolute Gasteiger partial charge is 0.214 e. The van der Waals surface area contributed by atoms with E-state index in [1.165, 1.54) is 5.56 Å². The van der Waals surface area contributed by atoms with Crippen molar-refractivity contribution in [3.63, 3.8) is 0 Å². The minimum Gasteiger partial charge on any atom is -0.492 e. The maximum Gasteiger partial charge on any atom is 0.214 e. The van der Waals surface area contributed by atoms with Gasteiger partial charge in [-0.1, -0.05) is 48.9 Å². The Hall–Kier alpha value is -1.89. The molecular weight excluding hydrogens is 372 g/mol. The number of hydrogen-bond acceptors (Lipinski definition) is 4. The van der Waals surface area contributed by atoms with Crippen molar-refractivity contribution in [3.05, 3.63) is 65.2 Å². The second-order valence-corrected chi connectivity index (χ2v) is 9.84. The molecule has 4 rings (SSSR count). The summed E-state index contributed by atoms with van der Waals surface area (Å²) in [7, 11) is -1.25. The predicted molar refractivity (Wildman–Crippen MR) is 111 cm³/mol. The fraction of sp³-hybridized carbons (Fsp3) is 0.455. The number of nitrogens with one attached hydrogen (secondary N) is 2. The Morgan fingerprint density at radius 2 is 1.86 bits per heavy atom. The lowest BCUT2D eigenvalue weighted by Gasteiger charge is -2.34. The van der Waals surface area contributed by atoms with E-state index < -0.39 is 10.0 Å². The first-order chi connectivity index (χ1) is 13.6. The topological polar surface area (TPSA) is 67.4 Å². The van der Waals surface area contributed by atoms with Crippen LogP contribution in [0.2, 0.25) is 0 Å². The van der Waals surface area contributed by atoms with Crippen LogP contribution in [0.3, 0.4) is 0 Å². The number of ether oxygens (including phenoxy) is 1. The normalized spacial score (nSPS) is 22.2. The molecule has 28 heavy (non-hydrogen) atoms. The van der Waals surface area contributed by atoms with Crippen LogP contribution >= 0.6 is 0 Å². The first-order valence-corrected chi connectivity index (χ1v) is 11.6. The van der Waals surface area contributed by atoms with Crippen LogP contribution in [-0.2, 0) is 23.0 Å². The van der Waals surface area contributed by atoms with Crippen molar-refractivity contribution in [2.24, 2.45) is 0 Å². The van der Waals surface area contributed by atoms with Crippen molar-refractivity contribution in [3.8, 4) is 5.75 Å². The maximum absolute atomic E-state index is 12.3. The Labute approximate surface area is 167 Å². The van der Waals surface area contributed by atoms with Crippen molar-refractivity contribution in [1.82, 2.24) is 10.0 Å². The van der Waals surface area contributed by atoms with Crippen molar-refractivity contribution >= 4 is 10.0 Å². The molecule has 0 radical (unpaired) electrons. The largest absolute Gasteiger partial charge is 0.492 e. The zero-order valence-corrected chi connectivity index (χ0v) is 17.0. The molecule has 0 saturated heterocycles. The molecule has 0 amide bonds. The van der Waals surface area contributed by atoms with Crippen LogP contribution < -0.4 is 14.8 Å². The quantitative estimate of drug-likeness (QED) is 0.750. The molecule has 2 N–H and O–H groups in total. The van der Waals surface area contributed by atoms with Crippen molar-refractivity contribution in [2.75, 3.05) is 13.7 Å². The molecule has 2 aliphatic rings. The molecule has 0 aromatic heterocycles. The van der Waals surface area contributed by atoms with Crippen molar-refractivity contribution in [2.45, 2.75) is 49.4 Å². The van der Waals surface area contributed by atoms with Gasteiger partial charge in [-0.2, -0.15) is 0 Å². The summed E-state index contributed by atoms with van der Waals surface area (Å²) in [4.78, 5) is 0. The van der Waals surface area contributed by atoms with Gasteiger partial charge in [-0.25, -0.2) is 13.1 Å². The third kappa shape index (κ3) is 4.09. The summed E-state index contributed by atoms with van der Waals surface area (Å²) < 4.78 is 33.4. The van der Waals surface area contributed by atoms with Gasteiger partial charge in [0, 0.05) is 18.5 Å². The first-order valence-electron chi connectivity index (χ1n) is 10.0. The fourth-order valence-corrected chi connectivity index (χ4v) is 5.59. The van der Waals surface area contributed by atoms with Gasteiger partial charge in [0.2, 0.25) is 10.0 Å². The summed E-state index contributed by atoms with van der Waals surface area (Å²) in [5, 5.41) is 3.17. The first kappa shape index (κ1) is 19.4. The molecule has 0 unspecified atom stereocenters. The lowest BCUT2D eigenvalue weighted by Crippen LogP contribution is -2.41. The molecule has 2 aromatic carbocycles. The Bertz CT molecular complexity index is 911. The summed E-state index contributed by atoms with van der Waals surface area (Å²) in [5.74, 6) is 1.18. The summed E-state index contributed by atoms with van der Waals surface area (Å²) in [5.41, 5.74) is 3.41. The Morgan fingerprint density at radius 1 is 1.07 bits per heavy atom. The Balaban J connectivity index is 1.55. The van der Waals surface area contributed by atoms with Gasteiger partial charge in [0.1, 0.15) is 12.4 Å². The standard InChI is InChI=1S/C22H28N2O3S/c1-23-21-15-27-22-11-10-17(14-24-28(25,26)18-8-5-9-18)13-20(22)19(21)12-16-6-3-2-4-7-16/h2-4,6-7,10-11,13,18-19,21,23-24H,5,8-9,12,14-15H2,1H3/t19-,21+/m1/s1. The average molecular weight is 401 g/mol. The molecule has 1 aliphatic heterocycles. The number of sulfonamides is 1. The Morgan fingerprint density at radius 3 is 2.54 bits per heavy atom. The van der Waals surface area contributed by atoms with Gasteiger partial charge in [0.15, 0.2) is 0 Å². The molecule has 6 heteroatoms. The van der Waals surface area contributed by atoms with Crippen LogP contribution in [0.25, 0.3) is 0 Å². The highest BCUT2D eigenvalue weighted by Gasteiger charge is 2.32. The number of hydrogen-bond donors (Lipinski definition) is 2. The van der Waals surface area contributed by atoms with E-state index in [0.29, 0.717) is 13.2 Å². The van der Waals surface area contributed by atoms with Crippen molar-refractivity contribution in [1.29, 1.82) is 0 Å². The fourth-order valence-electron chi connectivity index (χ4n) is 4.03. The van der Waals surface area contributed by atoms with Crippen LogP contribution in [0.5, 0.6) is 5.75 Å². The molecule has 0 bridgehead atoms. The van der Waals surface area contributed by atoms with E-state index >= 15 is 0 Å². The summed E-state index contributed by atoms with van der Waals surface area (Å²) in [6.07, 6.45) is 3.47. The van der Waals surface area contributed by atoms with Gasteiger partial charge >= 0.3 is 0 Å². The van der Waals surface area contributed by atoms with Crippen LogP contribution in [0.4, 0.5) is 0 Å². The second-order valence-electron chi connectivity index (χ2n) is 7.79. The number of benzene rings is 2. The predicted octanol–water partition coefficient (Wildman–Crippen LogP) is 2.97. The van der Waals surface area contributed by atoms with Crippen LogP contribution in [0.1, 0.15) is 41.9 Å². The lowest BCUT2D eigenvalue weighted by molar-refractivity contribution is 0.218. The third-order valence-electron chi connectivity index (χ3n) is 6.02. The number of rotatable bonds is 7. The summed E-state index contributed by atoms with van der Waals surface area (Å²) in [6, 6.07) is 16.7. The van der Waals surface area contributed by atoms with E-state index in [1.54, 1.807) is 0 Å². The summed E-state index contributed by atoms with van der Waals surface area (Å²) >= 11 is 0. The van der Waals surface area contributed by atoms with Gasteiger partial charge < -0.3 is 10.1 Å². The molecule has 2 atom stereocenters. The molecule has 1 heterocycles. The zero-order chi connectivity index (χ0) is 19.6. The van der Waals surface area contributed by atoms with Crippen LogP contribution in [-0.4, -0.2) is 33.4 Å². The average Bonchev–Trinajstić information content (AvgIpc) is 2.66. The van der Waals surface area contributed by atoms with E-state index in [1.807, 2.05) is 25.2 Å². The molecule has 5 nitrogen and oxygen atoms in total. The molecule has 1 aliphatic carbocycles. The minimum absolute atomic E-state index is 0.215. The number of likely N-dealkylation sites (N-methyl/N-ethyl adjacent to an activating group) is 1. The maximum atomic E-state index is 12.3. The lowest BCUT2D eigenvalue weighted by atomic mass is 9.83. The SMILES string of the molecule is CN[C@H]1COc2ccc(CNS(=O)(=O)C3CCC3)cc2[C@H]1Cc1ccccc1. The number of fused-ring (bicyclic) bond motifs is 1. The summed E-state index contributed by atoms with van der Waals surface area (Å²) in [6.45, 7) is 0.961. The van der Waals surface area contributed by atoms with E-state index in [4.69, 9.17) is 4.74 Å².